The highest BCUT2D eigenvalue weighted by Gasteiger charge is 2.31. The van der Waals surface area contributed by atoms with Crippen LogP contribution in [0.15, 0.2) is 97.1 Å². The molecule has 16 heteroatoms. The Morgan fingerprint density at radius 3 is 0.580 bits per heavy atom. The molecule has 0 atom stereocenters. The molecule has 0 bridgehead atoms. The summed E-state index contributed by atoms with van der Waals surface area (Å²) in [5.74, 6) is -22.8. The Labute approximate surface area is 495 Å². The summed E-state index contributed by atoms with van der Waals surface area (Å²) in [7, 11) is 0. The van der Waals surface area contributed by atoms with Gasteiger partial charge in [0.25, 0.3) is 0 Å². The van der Waals surface area contributed by atoms with Crippen molar-refractivity contribution >= 4 is 87.2 Å². The van der Waals surface area contributed by atoms with E-state index in [1.807, 2.05) is 0 Å². The number of benzene rings is 10. The van der Waals surface area contributed by atoms with E-state index in [0.717, 1.165) is 15.2 Å². The zero-order valence-electron chi connectivity index (χ0n) is 49.6. The van der Waals surface area contributed by atoms with Crippen molar-refractivity contribution in [1.82, 2.24) is 18.3 Å². The van der Waals surface area contributed by atoms with E-state index in [4.69, 9.17) is 0 Å². The van der Waals surface area contributed by atoms with Gasteiger partial charge in [0.1, 0.15) is 0 Å². The molecular weight excluding hydrogens is 1150 g/mol. The maximum Gasteiger partial charge on any atom is 0.195 e. The van der Waals surface area contributed by atoms with Crippen LogP contribution in [0.3, 0.4) is 0 Å². The molecule has 88 heavy (non-hydrogen) atoms. The van der Waals surface area contributed by atoms with Gasteiger partial charge in [-0.3, -0.25) is 0 Å². The van der Waals surface area contributed by atoms with E-state index in [2.05, 4.69) is 141 Å². The molecule has 10 aromatic carbocycles. The number of rotatable bonds is 4. The summed E-state index contributed by atoms with van der Waals surface area (Å²) in [6.45, 7) is 27.3. The zero-order valence-corrected chi connectivity index (χ0v) is 49.6. The minimum atomic E-state index is -2.03. The van der Waals surface area contributed by atoms with Crippen molar-refractivity contribution in [1.29, 1.82) is 0 Å². The van der Waals surface area contributed by atoms with Crippen LogP contribution in [0.4, 0.5) is 52.7 Å². The number of fused-ring (bicyclic) bond motifs is 12. The lowest BCUT2D eigenvalue weighted by Gasteiger charge is -2.15. The molecule has 0 radical (unpaired) electrons. The smallest absolute Gasteiger partial charge is 0.195 e. The Balaban J connectivity index is 0.000000162. The molecule has 0 saturated heterocycles. The Morgan fingerprint density at radius 1 is 0.205 bits per heavy atom. The number of hydrogen-bond donors (Lipinski definition) is 0. The first-order chi connectivity index (χ1) is 41.7. The van der Waals surface area contributed by atoms with Gasteiger partial charge < -0.3 is 18.3 Å². The fourth-order valence-electron chi connectivity index (χ4n) is 13.4. The number of hydrogen-bond acceptors (Lipinski definition) is 0. The van der Waals surface area contributed by atoms with Gasteiger partial charge in [-0.25, -0.2) is 52.7 Å². The van der Waals surface area contributed by atoms with Gasteiger partial charge in [0.2, 0.25) is 0 Å². The highest BCUT2D eigenvalue weighted by atomic mass is 19.2. The number of aromatic nitrogens is 4. The lowest BCUT2D eigenvalue weighted by Crippen LogP contribution is -2.01. The van der Waals surface area contributed by atoms with Gasteiger partial charge in [-0.1, -0.05) is 12.1 Å². The van der Waals surface area contributed by atoms with Crippen LogP contribution in [0.5, 0.6) is 0 Å². The number of nitrogens with zero attached hydrogens (tertiary/aromatic N) is 4. The topological polar surface area (TPSA) is 19.7 Å². The van der Waals surface area contributed by atoms with Crippen LogP contribution in [0, 0.1) is 153 Å². The van der Waals surface area contributed by atoms with Gasteiger partial charge in [-0.05, 0) is 211 Å². The summed E-state index contributed by atoms with van der Waals surface area (Å²) >= 11 is 0. The van der Waals surface area contributed by atoms with Crippen LogP contribution in [-0.4, -0.2) is 18.3 Å². The Hall–Kier alpha value is -9.44. The van der Waals surface area contributed by atoms with Crippen LogP contribution < -0.4 is 0 Å². The molecule has 0 saturated carbocycles. The van der Waals surface area contributed by atoms with Gasteiger partial charge in [-0.2, -0.15) is 0 Å². The average molecular weight is 1200 g/mol. The predicted octanol–water partition coefficient (Wildman–Crippen LogP) is 21.1. The van der Waals surface area contributed by atoms with Crippen LogP contribution in [0.2, 0.25) is 0 Å². The predicted molar refractivity (Wildman–Crippen MR) is 327 cm³/mol. The molecular formula is C72H52F12N4. The summed E-state index contributed by atoms with van der Waals surface area (Å²) in [5, 5.41) is 1.69. The van der Waals surface area contributed by atoms with E-state index in [1.165, 1.54) is 140 Å². The van der Waals surface area contributed by atoms with Crippen molar-refractivity contribution in [3.63, 3.8) is 0 Å². The van der Waals surface area contributed by atoms with E-state index in [-0.39, 0.29) is 11.4 Å². The van der Waals surface area contributed by atoms with E-state index in [0.29, 0.717) is 24.3 Å². The summed E-state index contributed by atoms with van der Waals surface area (Å²) in [5.41, 5.74) is 21.1. The average Bonchev–Trinajstić information content (AvgIpc) is 1.60. The molecule has 0 aliphatic rings. The third kappa shape index (κ3) is 7.94. The minimum absolute atomic E-state index is 0.237. The highest BCUT2D eigenvalue weighted by molar-refractivity contribution is 6.16. The first-order valence-electron chi connectivity index (χ1n) is 28.2. The second-order valence-electron chi connectivity index (χ2n) is 23.3. The Morgan fingerprint density at radius 2 is 0.386 bits per heavy atom. The molecule has 0 spiro atoms. The first-order valence-corrected chi connectivity index (χ1v) is 28.2. The molecule has 0 aliphatic carbocycles. The molecule has 14 rings (SSSR count). The molecule has 0 amide bonds. The van der Waals surface area contributed by atoms with Crippen molar-refractivity contribution in [2.24, 2.45) is 0 Å². The van der Waals surface area contributed by atoms with Crippen LogP contribution >= 0.6 is 0 Å². The van der Waals surface area contributed by atoms with Crippen LogP contribution in [-0.2, 0) is 0 Å². The van der Waals surface area contributed by atoms with E-state index >= 15 is 0 Å². The van der Waals surface area contributed by atoms with Gasteiger partial charge in [0.15, 0.2) is 69.8 Å². The molecule has 4 aromatic heterocycles. The first kappa shape index (κ1) is 57.6. The molecule has 0 fully saturated rings. The summed E-state index contributed by atoms with van der Waals surface area (Å²) < 4.78 is 181. The van der Waals surface area contributed by atoms with Gasteiger partial charge in [0.05, 0.1) is 65.7 Å². The molecule has 0 unspecified atom stereocenters. The SMILES string of the molecule is Cc1cc2c(c(C)c1C)c1c(C)c(C)c(C)cc1n2-c1cccc(-n2c3cc(C)c(C)c(C)c3c3c(C)c(C)c(C)cc32)c1.Fc1cc2c(c(F)c1F)c1c(F)c(F)c(F)cc1n2-c1cccc(-n2c3cc(F)c(F)c(F)c3c3c(F)c(F)c(F)cc32)c1. The normalized spacial score (nSPS) is 12.1. The lowest BCUT2D eigenvalue weighted by molar-refractivity contribution is 0.450. The zero-order chi connectivity index (χ0) is 63.0. The van der Waals surface area contributed by atoms with Crippen molar-refractivity contribution in [2.75, 3.05) is 0 Å². The molecule has 0 N–H and O–H groups in total. The second kappa shape index (κ2) is 20.1. The third-order valence-electron chi connectivity index (χ3n) is 18.7. The molecule has 4 heterocycles. The van der Waals surface area contributed by atoms with E-state index in [1.54, 1.807) is 0 Å². The second-order valence-corrected chi connectivity index (χ2v) is 23.3. The number of halogens is 12. The standard InChI is InChI=1S/C42H44N2.C30H8F12N2/c1-21-16-35-39(29(9)25(21)5)40-30(10)26(6)22(2)17-36(40)43(35)33-14-13-15-34(20-33)44-37-18-23(3)27(7)31(11)41(37)42-32(12)28(8)24(4)19-38(42)44;31-11-5-15-19(27(39)23(11)35)20-16(6-12(32)24(36)28(20)40)43(15)9-2-1-3-10(4-9)44-17-7-13(33)25(37)29(41)21(17)22-18(44)8-14(34)26(38)30(22)42/h13-20H,1-12H3;1-8H. The fraction of sp³-hybridized carbons (Fsp3) is 0.167. The number of aryl methyl sites for hydroxylation is 8. The van der Waals surface area contributed by atoms with E-state index in [9.17, 15) is 52.7 Å². The van der Waals surface area contributed by atoms with Gasteiger partial charge in [0, 0.05) is 68.6 Å². The highest BCUT2D eigenvalue weighted by Crippen LogP contribution is 2.45. The van der Waals surface area contributed by atoms with Crippen LogP contribution in [0.1, 0.15) is 66.8 Å². The Kier molecular flexibility index (Phi) is 13.1. The summed E-state index contributed by atoms with van der Waals surface area (Å²) in [4.78, 5) is 0. The van der Waals surface area contributed by atoms with Crippen molar-refractivity contribution in [3.05, 3.63) is 234 Å². The molecule has 0 aliphatic heterocycles. The summed E-state index contributed by atoms with van der Waals surface area (Å²) in [6, 6.07) is 25.2. The van der Waals surface area contributed by atoms with Crippen LogP contribution in [0.25, 0.3) is 110 Å². The monoisotopic (exact) mass is 1200 g/mol. The maximum atomic E-state index is 15.0. The van der Waals surface area contributed by atoms with Gasteiger partial charge in [-0.15, -0.1) is 0 Å². The van der Waals surface area contributed by atoms with E-state index < -0.39 is 113 Å². The largest absolute Gasteiger partial charge is 0.309 e. The maximum absolute atomic E-state index is 15.0. The Bertz CT molecular complexity index is 4550. The van der Waals surface area contributed by atoms with Crippen molar-refractivity contribution in [2.45, 2.75) is 83.1 Å². The minimum Gasteiger partial charge on any atom is -0.309 e. The lowest BCUT2D eigenvalue weighted by atomic mass is 9.94. The quantitative estimate of drug-likeness (QED) is 0.124. The van der Waals surface area contributed by atoms with Gasteiger partial charge >= 0.3 is 0 Å². The fourth-order valence-corrected chi connectivity index (χ4v) is 13.4. The molecule has 14 aromatic rings. The van der Waals surface area contributed by atoms with Crippen molar-refractivity contribution < 1.29 is 52.7 Å². The van der Waals surface area contributed by atoms with Crippen molar-refractivity contribution in [3.8, 4) is 22.7 Å². The summed E-state index contributed by atoms with van der Waals surface area (Å²) in [6.07, 6.45) is 0. The molecule has 4 nitrogen and oxygen atoms in total. The third-order valence-corrected chi connectivity index (χ3v) is 18.7. The molecule has 444 valence electrons.